The van der Waals surface area contributed by atoms with E-state index in [9.17, 15) is 4.79 Å². The molecule has 0 atom stereocenters. The van der Waals surface area contributed by atoms with E-state index in [-0.39, 0.29) is 12.0 Å². The Hall–Kier alpha value is -2.25. The topological polar surface area (TPSA) is 47.6 Å². The molecule has 0 saturated heterocycles. The van der Waals surface area contributed by atoms with Gasteiger partial charge >= 0.3 is 0 Å². The molecule has 150 valence electrons. The first kappa shape index (κ1) is 20.5. The van der Waals surface area contributed by atoms with Crippen molar-refractivity contribution >= 4 is 11.5 Å². The van der Waals surface area contributed by atoms with Crippen LogP contribution in [0.2, 0.25) is 0 Å². The minimum atomic E-state index is -0.409. The number of nitrogens with one attached hydrogen (secondary N) is 1. The number of benzene rings is 1. The second-order valence-corrected chi connectivity index (χ2v) is 7.66. The molecule has 1 aromatic rings. The van der Waals surface area contributed by atoms with Crippen LogP contribution in [-0.2, 0) is 20.7 Å². The van der Waals surface area contributed by atoms with E-state index in [2.05, 4.69) is 43.1 Å². The fraction of sp³-hybridized carbons (Fsp3) is 0.542. The number of carbonyl (C=O) groups excluding carboxylic acids is 1. The van der Waals surface area contributed by atoms with Crippen molar-refractivity contribution in [3.8, 4) is 11.8 Å². The molecule has 2 aliphatic rings. The molecule has 1 aliphatic heterocycles. The summed E-state index contributed by atoms with van der Waals surface area (Å²) in [6.45, 7) is 8.77. The van der Waals surface area contributed by atoms with Gasteiger partial charge in [-0.05, 0) is 81.7 Å². The van der Waals surface area contributed by atoms with Gasteiger partial charge in [-0.3, -0.25) is 4.79 Å². The van der Waals surface area contributed by atoms with Crippen molar-refractivity contribution in [1.82, 2.24) is 5.32 Å². The van der Waals surface area contributed by atoms with Crippen LogP contribution in [0, 0.1) is 18.8 Å². The van der Waals surface area contributed by atoms with Crippen LogP contribution < -0.4 is 5.32 Å². The van der Waals surface area contributed by atoms with Gasteiger partial charge in [-0.15, -0.1) is 5.92 Å². The molecule has 1 heterocycles. The van der Waals surface area contributed by atoms with Gasteiger partial charge < -0.3 is 14.8 Å². The van der Waals surface area contributed by atoms with Crippen molar-refractivity contribution in [3.05, 3.63) is 40.1 Å². The molecule has 0 unspecified atom stereocenters. The number of methoxy groups -OCH3 is 1. The van der Waals surface area contributed by atoms with Crippen LogP contribution in [0.5, 0.6) is 0 Å². The van der Waals surface area contributed by atoms with Gasteiger partial charge in [0, 0.05) is 12.2 Å². The van der Waals surface area contributed by atoms with Crippen LogP contribution >= 0.6 is 0 Å². The second kappa shape index (κ2) is 8.41. The lowest BCUT2D eigenvalue weighted by molar-refractivity contribution is -0.116. The molecule has 1 aliphatic carbocycles. The summed E-state index contributed by atoms with van der Waals surface area (Å²) < 4.78 is 11.7. The Kier molecular flexibility index (Phi) is 6.15. The maximum absolute atomic E-state index is 13.1. The number of hydrogen-bond donors (Lipinski definition) is 1. The monoisotopic (exact) mass is 381 g/mol. The number of rotatable bonds is 5. The molecule has 28 heavy (non-hydrogen) atoms. The first-order valence-corrected chi connectivity index (χ1v) is 10.3. The first-order chi connectivity index (χ1) is 13.5. The lowest BCUT2D eigenvalue weighted by atomic mass is 9.78. The van der Waals surface area contributed by atoms with Crippen molar-refractivity contribution in [2.45, 2.75) is 71.4 Å². The highest BCUT2D eigenvalue weighted by atomic mass is 16.5. The molecule has 0 radical (unpaired) electrons. The summed E-state index contributed by atoms with van der Waals surface area (Å²) in [5.74, 6) is 6.86. The van der Waals surface area contributed by atoms with Gasteiger partial charge in [-0.2, -0.15) is 0 Å². The van der Waals surface area contributed by atoms with Gasteiger partial charge in [-0.25, -0.2) is 0 Å². The van der Waals surface area contributed by atoms with Crippen molar-refractivity contribution in [2.24, 2.45) is 0 Å². The standard InChI is InChI=1S/C24H31NO3/c1-6-9-17-14-16(4)20(18(7-2)15-17)21-22(27-5)24(25-23(21)26)12-10-19(11-13-24)28-8-3/h14-15,19H,7-8,10-13H2,1-5H3,(H,25,26). The zero-order chi connectivity index (χ0) is 20.3. The van der Waals surface area contributed by atoms with E-state index >= 15 is 0 Å². The summed E-state index contributed by atoms with van der Waals surface area (Å²) in [5.41, 5.74) is 4.48. The van der Waals surface area contributed by atoms with E-state index in [1.807, 2.05) is 13.8 Å². The smallest absolute Gasteiger partial charge is 0.256 e. The quantitative estimate of drug-likeness (QED) is 0.780. The summed E-state index contributed by atoms with van der Waals surface area (Å²) in [6, 6.07) is 4.17. The maximum Gasteiger partial charge on any atom is 0.256 e. The Morgan fingerprint density at radius 3 is 2.54 bits per heavy atom. The van der Waals surface area contributed by atoms with E-state index in [0.717, 1.165) is 66.7 Å². The Morgan fingerprint density at radius 1 is 1.25 bits per heavy atom. The third-order valence-corrected chi connectivity index (χ3v) is 5.95. The van der Waals surface area contributed by atoms with Crippen LogP contribution in [0.4, 0.5) is 0 Å². The zero-order valence-corrected chi connectivity index (χ0v) is 17.7. The Labute approximate surface area is 168 Å². The SMILES string of the molecule is CC#Cc1cc(C)c(C2=C(OC)C3(CCC(OCC)CC3)NC2=O)c(CC)c1. The summed E-state index contributed by atoms with van der Waals surface area (Å²) in [4.78, 5) is 13.1. The van der Waals surface area contributed by atoms with Crippen LogP contribution in [-0.4, -0.2) is 31.3 Å². The Balaban J connectivity index is 2.07. The largest absolute Gasteiger partial charge is 0.498 e. The third-order valence-electron chi connectivity index (χ3n) is 5.95. The molecule has 3 rings (SSSR count). The molecule has 1 amide bonds. The number of hydrogen-bond acceptors (Lipinski definition) is 3. The molecule has 1 aromatic carbocycles. The molecule has 1 spiro atoms. The van der Waals surface area contributed by atoms with Crippen molar-refractivity contribution in [2.75, 3.05) is 13.7 Å². The number of amides is 1. The molecule has 0 aromatic heterocycles. The van der Waals surface area contributed by atoms with E-state index in [4.69, 9.17) is 9.47 Å². The summed E-state index contributed by atoms with van der Waals surface area (Å²) in [6.07, 6.45) is 4.65. The number of ether oxygens (including phenoxy) is 2. The van der Waals surface area contributed by atoms with Gasteiger partial charge in [0.2, 0.25) is 0 Å². The highest BCUT2D eigenvalue weighted by Gasteiger charge is 2.49. The molecular formula is C24H31NO3. The van der Waals surface area contributed by atoms with Gasteiger partial charge in [0.15, 0.2) is 0 Å². The van der Waals surface area contributed by atoms with E-state index in [0.29, 0.717) is 5.57 Å². The number of aryl methyl sites for hydroxylation is 2. The van der Waals surface area contributed by atoms with Crippen molar-refractivity contribution in [3.63, 3.8) is 0 Å². The van der Waals surface area contributed by atoms with E-state index < -0.39 is 5.54 Å². The van der Waals surface area contributed by atoms with Crippen LogP contribution in [0.1, 0.15) is 68.7 Å². The predicted octanol–water partition coefficient (Wildman–Crippen LogP) is 4.13. The molecule has 1 saturated carbocycles. The van der Waals surface area contributed by atoms with E-state index in [1.165, 1.54) is 0 Å². The van der Waals surface area contributed by atoms with Gasteiger partial charge in [0.1, 0.15) is 5.76 Å². The lowest BCUT2D eigenvalue weighted by Gasteiger charge is -2.38. The highest BCUT2D eigenvalue weighted by molar-refractivity contribution is 6.24. The highest BCUT2D eigenvalue weighted by Crippen LogP contribution is 2.44. The zero-order valence-electron chi connectivity index (χ0n) is 17.7. The van der Waals surface area contributed by atoms with Gasteiger partial charge in [0.05, 0.1) is 24.3 Å². The molecule has 4 heteroatoms. The fourth-order valence-electron chi connectivity index (χ4n) is 4.76. The Bertz CT molecular complexity index is 849. The van der Waals surface area contributed by atoms with E-state index in [1.54, 1.807) is 7.11 Å². The molecular weight excluding hydrogens is 350 g/mol. The minimum absolute atomic E-state index is 0.0289. The second-order valence-electron chi connectivity index (χ2n) is 7.66. The third kappa shape index (κ3) is 3.56. The van der Waals surface area contributed by atoms with Crippen LogP contribution in [0.3, 0.4) is 0 Å². The normalized spacial score (nSPS) is 24.2. The van der Waals surface area contributed by atoms with Gasteiger partial charge in [-0.1, -0.05) is 12.8 Å². The summed E-state index contributed by atoms with van der Waals surface area (Å²) in [5, 5.41) is 3.28. The average Bonchev–Trinajstić information content (AvgIpc) is 2.94. The number of carbonyl (C=O) groups is 1. The molecule has 1 fully saturated rings. The molecule has 1 N–H and O–H groups in total. The van der Waals surface area contributed by atoms with Crippen LogP contribution in [0.15, 0.2) is 17.9 Å². The summed E-state index contributed by atoms with van der Waals surface area (Å²) in [7, 11) is 1.68. The minimum Gasteiger partial charge on any atom is -0.498 e. The maximum atomic E-state index is 13.1. The Morgan fingerprint density at radius 2 is 1.96 bits per heavy atom. The van der Waals surface area contributed by atoms with Crippen LogP contribution in [0.25, 0.3) is 5.57 Å². The van der Waals surface area contributed by atoms with Crippen molar-refractivity contribution < 1.29 is 14.3 Å². The average molecular weight is 382 g/mol. The molecule has 4 nitrogen and oxygen atoms in total. The predicted molar refractivity (Wildman–Crippen MR) is 112 cm³/mol. The fourth-order valence-corrected chi connectivity index (χ4v) is 4.76. The van der Waals surface area contributed by atoms with Gasteiger partial charge in [0.25, 0.3) is 5.91 Å². The first-order valence-electron chi connectivity index (χ1n) is 10.3. The molecule has 0 bridgehead atoms. The lowest BCUT2D eigenvalue weighted by Crippen LogP contribution is -2.48. The summed E-state index contributed by atoms with van der Waals surface area (Å²) >= 11 is 0. The van der Waals surface area contributed by atoms with Crippen molar-refractivity contribution in [1.29, 1.82) is 0 Å².